The summed E-state index contributed by atoms with van der Waals surface area (Å²) in [6.07, 6.45) is 0.710. The Morgan fingerprint density at radius 1 is 1.44 bits per heavy atom. The van der Waals surface area contributed by atoms with Gasteiger partial charge in [-0.05, 0) is 0 Å². The maximum atomic E-state index is 12.0. The van der Waals surface area contributed by atoms with Crippen LogP contribution in [0.5, 0.6) is 0 Å². The van der Waals surface area contributed by atoms with Crippen LogP contribution in [0.3, 0.4) is 0 Å². The van der Waals surface area contributed by atoms with Gasteiger partial charge in [0.1, 0.15) is 0 Å². The van der Waals surface area contributed by atoms with E-state index >= 15 is 0 Å². The molecule has 0 spiro atoms. The van der Waals surface area contributed by atoms with Crippen LogP contribution in [0.15, 0.2) is 9.59 Å². The second-order valence-electron chi connectivity index (χ2n) is 3.60. The minimum absolute atomic E-state index is 0.173. The number of aromatic amines is 1. The molecule has 1 aromatic heterocycles. The van der Waals surface area contributed by atoms with E-state index in [9.17, 15) is 9.59 Å². The van der Waals surface area contributed by atoms with Crippen LogP contribution in [0.1, 0.15) is 11.3 Å². The first-order valence-electron chi connectivity index (χ1n) is 5.06. The van der Waals surface area contributed by atoms with Gasteiger partial charge in [0.2, 0.25) is 0 Å². The van der Waals surface area contributed by atoms with Crippen molar-refractivity contribution in [2.24, 2.45) is 0 Å². The van der Waals surface area contributed by atoms with Crippen LogP contribution in [-0.4, -0.2) is 21.8 Å². The average Bonchev–Trinajstić information content (AvgIpc) is 2.29. The molecule has 0 saturated carbocycles. The van der Waals surface area contributed by atoms with E-state index in [0.717, 1.165) is 12.2 Å². The third-order valence-electron chi connectivity index (χ3n) is 2.63. The molecule has 0 atom stereocenters. The lowest BCUT2D eigenvalue weighted by Gasteiger charge is -2.17. The van der Waals surface area contributed by atoms with E-state index in [1.54, 1.807) is 0 Å². The highest BCUT2D eigenvalue weighted by molar-refractivity contribution is 8.68. The van der Waals surface area contributed by atoms with Gasteiger partial charge >= 0.3 is 5.69 Å². The van der Waals surface area contributed by atoms with E-state index in [-0.39, 0.29) is 11.2 Å². The first kappa shape index (κ1) is 11.8. The van der Waals surface area contributed by atoms with Crippen molar-refractivity contribution in [2.75, 3.05) is 12.3 Å². The van der Waals surface area contributed by atoms with Crippen molar-refractivity contribution in [3.8, 4) is 0 Å². The maximum Gasteiger partial charge on any atom is 0.328 e. The number of hydrogen-bond donors (Lipinski definition) is 3. The minimum atomic E-state index is -0.312. The molecule has 0 aliphatic carbocycles. The Bertz CT molecular complexity index is 495. The summed E-state index contributed by atoms with van der Waals surface area (Å²) in [6.45, 7) is 1.74. The molecule has 1 aromatic rings. The van der Waals surface area contributed by atoms with Crippen molar-refractivity contribution in [3.05, 3.63) is 32.1 Å². The smallest absolute Gasteiger partial charge is 0.312 e. The van der Waals surface area contributed by atoms with Crippen LogP contribution in [-0.2, 0) is 19.5 Å². The molecule has 16 heavy (non-hydrogen) atoms. The molecule has 0 aromatic carbocycles. The average molecular weight is 259 g/mol. The zero-order valence-corrected chi connectivity index (χ0v) is 10.4. The first-order valence-corrected chi connectivity index (χ1v) is 7.10. The number of hydrogen-bond acceptors (Lipinski definition) is 5. The molecular formula is C9H13N3O2S2. The number of rotatable bonds is 3. The Kier molecular flexibility index (Phi) is 3.78. The fourth-order valence-electron chi connectivity index (χ4n) is 1.81. The SMILES string of the molecule is O=c1[nH]c2c(c(=O)n1CCSS)CNCC2. The topological polar surface area (TPSA) is 66.9 Å². The Hall–Kier alpha value is -0.660. The maximum absolute atomic E-state index is 12.0. The van der Waals surface area contributed by atoms with E-state index in [4.69, 9.17) is 0 Å². The van der Waals surface area contributed by atoms with Crippen LogP contribution in [0, 0.1) is 0 Å². The standard InChI is InChI=1S/C9H13N3O2S2/c13-8-6-5-10-2-1-7(6)11-9(14)12(8)3-4-16-15/h10,15H,1-5H2,(H,11,14). The molecule has 0 radical (unpaired) electrons. The van der Waals surface area contributed by atoms with Gasteiger partial charge in [0, 0.05) is 37.5 Å². The van der Waals surface area contributed by atoms with Crippen molar-refractivity contribution >= 4 is 22.5 Å². The van der Waals surface area contributed by atoms with Gasteiger partial charge in [-0.25, -0.2) is 4.79 Å². The molecule has 1 aliphatic rings. The van der Waals surface area contributed by atoms with Crippen LogP contribution in [0.4, 0.5) is 0 Å². The Morgan fingerprint density at radius 3 is 3.00 bits per heavy atom. The number of nitrogens with one attached hydrogen (secondary N) is 2. The van der Waals surface area contributed by atoms with Gasteiger partial charge in [0.05, 0.1) is 5.56 Å². The van der Waals surface area contributed by atoms with Gasteiger partial charge in [0.25, 0.3) is 5.56 Å². The highest BCUT2D eigenvalue weighted by Crippen LogP contribution is 2.06. The molecule has 0 unspecified atom stereocenters. The number of aromatic nitrogens is 2. The van der Waals surface area contributed by atoms with Crippen LogP contribution in [0.25, 0.3) is 0 Å². The molecule has 2 heterocycles. The summed E-state index contributed by atoms with van der Waals surface area (Å²) in [5, 5.41) is 3.13. The highest BCUT2D eigenvalue weighted by atomic mass is 33.1. The normalized spacial score (nSPS) is 14.8. The van der Waals surface area contributed by atoms with Crippen molar-refractivity contribution in [1.29, 1.82) is 0 Å². The van der Waals surface area contributed by atoms with E-state index in [2.05, 4.69) is 22.0 Å². The lowest BCUT2D eigenvalue weighted by Crippen LogP contribution is -2.42. The van der Waals surface area contributed by atoms with Crippen LogP contribution < -0.4 is 16.6 Å². The fraction of sp³-hybridized carbons (Fsp3) is 0.556. The summed E-state index contributed by atoms with van der Waals surface area (Å²) in [5.41, 5.74) is 0.986. The zero-order valence-electron chi connectivity index (χ0n) is 8.65. The number of fused-ring (bicyclic) bond motifs is 1. The highest BCUT2D eigenvalue weighted by Gasteiger charge is 2.16. The van der Waals surface area contributed by atoms with Gasteiger partial charge in [-0.15, -0.1) is 11.7 Å². The van der Waals surface area contributed by atoms with Gasteiger partial charge in [-0.2, -0.15) is 0 Å². The zero-order chi connectivity index (χ0) is 11.5. The van der Waals surface area contributed by atoms with Crippen molar-refractivity contribution in [1.82, 2.24) is 14.9 Å². The van der Waals surface area contributed by atoms with Gasteiger partial charge in [-0.3, -0.25) is 9.36 Å². The summed E-state index contributed by atoms with van der Waals surface area (Å²) in [6, 6.07) is 0. The summed E-state index contributed by atoms with van der Waals surface area (Å²) >= 11 is 3.99. The first-order chi connectivity index (χ1) is 7.74. The van der Waals surface area contributed by atoms with Gasteiger partial charge < -0.3 is 10.3 Å². The summed E-state index contributed by atoms with van der Waals surface area (Å²) in [7, 11) is 1.32. The van der Waals surface area contributed by atoms with Crippen LogP contribution in [0.2, 0.25) is 0 Å². The number of nitrogens with zero attached hydrogens (tertiary/aromatic N) is 1. The quantitative estimate of drug-likeness (QED) is 0.518. The molecular weight excluding hydrogens is 246 g/mol. The number of H-pyrrole nitrogens is 1. The Balaban J connectivity index is 2.46. The van der Waals surface area contributed by atoms with E-state index in [1.807, 2.05) is 0 Å². The lowest BCUT2D eigenvalue weighted by molar-refractivity contribution is 0.580. The summed E-state index contributed by atoms with van der Waals surface area (Å²) in [5.74, 6) is 0.637. The van der Waals surface area contributed by atoms with Gasteiger partial charge in [-0.1, -0.05) is 10.8 Å². The molecule has 0 fully saturated rings. The third-order valence-corrected chi connectivity index (χ3v) is 3.54. The Labute approximate surface area is 101 Å². The summed E-state index contributed by atoms with van der Waals surface area (Å²) in [4.78, 5) is 26.5. The molecule has 5 nitrogen and oxygen atoms in total. The van der Waals surface area contributed by atoms with E-state index in [0.29, 0.717) is 30.8 Å². The fourth-order valence-corrected chi connectivity index (χ4v) is 2.32. The largest absolute Gasteiger partial charge is 0.328 e. The molecule has 1 aliphatic heterocycles. The van der Waals surface area contributed by atoms with Gasteiger partial charge in [0.15, 0.2) is 0 Å². The monoisotopic (exact) mass is 259 g/mol. The minimum Gasteiger partial charge on any atom is -0.312 e. The second kappa shape index (κ2) is 5.11. The molecule has 0 saturated heterocycles. The van der Waals surface area contributed by atoms with Crippen molar-refractivity contribution in [2.45, 2.75) is 19.5 Å². The third kappa shape index (κ3) is 2.21. The predicted octanol–water partition coefficient (Wildman–Crippen LogP) is -0.240. The molecule has 7 heteroatoms. The second-order valence-corrected chi connectivity index (χ2v) is 5.05. The lowest BCUT2D eigenvalue weighted by atomic mass is 10.1. The summed E-state index contributed by atoms with van der Waals surface area (Å²) < 4.78 is 1.25. The van der Waals surface area contributed by atoms with E-state index < -0.39 is 0 Å². The molecule has 0 bridgehead atoms. The van der Waals surface area contributed by atoms with Crippen molar-refractivity contribution in [3.63, 3.8) is 0 Å². The van der Waals surface area contributed by atoms with Crippen molar-refractivity contribution < 1.29 is 0 Å². The number of thiol groups is 1. The van der Waals surface area contributed by atoms with E-state index in [1.165, 1.54) is 15.4 Å². The van der Waals surface area contributed by atoms with Crippen LogP contribution >= 0.6 is 22.5 Å². The molecule has 2 rings (SSSR count). The molecule has 88 valence electrons. The molecule has 0 amide bonds. The predicted molar refractivity (Wildman–Crippen MR) is 68.2 cm³/mol. The Morgan fingerprint density at radius 2 is 2.25 bits per heavy atom. The molecule has 2 N–H and O–H groups in total.